The lowest BCUT2D eigenvalue weighted by molar-refractivity contribution is -0.133. The zero-order valence-electron chi connectivity index (χ0n) is 22.4. The summed E-state index contributed by atoms with van der Waals surface area (Å²) in [6.07, 6.45) is 2.83. The summed E-state index contributed by atoms with van der Waals surface area (Å²) >= 11 is 3.54. The molecule has 0 saturated carbocycles. The van der Waals surface area contributed by atoms with Crippen molar-refractivity contribution in [1.82, 2.24) is 24.7 Å². The van der Waals surface area contributed by atoms with Gasteiger partial charge in [-0.05, 0) is 50.3 Å². The maximum atomic E-state index is 14.0. The lowest BCUT2D eigenvalue weighted by Gasteiger charge is -2.40. The van der Waals surface area contributed by atoms with Crippen LogP contribution in [-0.4, -0.2) is 81.9 Å². The summed E-state index contributed by atoms with van der Waals surface area (Å²) < 4.78 is 2.74. The third-order valence-corrected chi connectivity index (χ3v) is 8.12. The van der Waals surface area contributed by atoms with Crippen LogP contribution < -0.4 is 10.2 Å². The number of anilines is 1. The fourth-order valence-corrected chi connectivity index (χ4v) is 5.84. The van der Waals surface area contributed by atoms with Crippen molar-refractivity contribution in [2.45, 2.75) is 32.5 Å². The SMILES string of the molecule is C=CC(=O)N1CC(NC(=O)Cn2c(C)c(C(=O)N3CCN(c4ccc(C#N)cn4)C[C@H]3C)c3cc(Br)ccc32)C1. The number of rotatable bonds is 6. The van der Waals surface area contributed by atoms with Crippen molar-refractivity contribution in [3.8, 4) is 6.07 Å². The predicted molar refractivity (Wildman–Crippen MR) is 155 cm³/mol. The Labute approximate surface area is 241 Å². The van der Waals surface area contributed by atoms with Crippen LogP contribution in [-0.2, 0) is 16.1 Å². The van der Waals surface area contributed by atoms with Crippen LogP contribution in [0.4, 0.5) is 5.82 Å². The molecular formula is C29H30BrN7O3. The van der Waals surface area contributed by atoms with E-state index in [1.165, 1.54) is 6.08 Å². The van der Waals surface area contributed by atoms with E-state index in [-0.39, 0.29) is 36.3 Å². The van der Waals surface area contributed by atoms with Crippen molar-refractivity contribution in [3.63, 3.8) is 0 Å². The molecule has 11 heteroatoms. The molecule has 0 unspecified atom stereocenters. The van der Waals surface area contributed by atoms with Crippen LogP contribution in [0, 0.1) is 18.3 Å². The van der Waals surface area contributed by atoms with E-state index in [9.17, 15) is 14.4 Å². The molecule has 1 aromatic carbocycles. The average molecular weight is 605 g/mol. The number of nitriles is 1. The standard InChI is InChI=1S/C29H30BrN7O3/c1-4-27(39)35-15-22(16-35)33-26(38)17-37-19(3)28(23-11-21(30)6-7-24(23)37)29(40)36-10-9-34(14-18(36)2)25-8-5-20(12-31)13-32-25/h4-8,11,13,18,22H,1,9-10,14-17H2,2-3H3,(H,33,38)/t18-/m1/s1. The van der Waals surface area contributed by atoms with Gasteiger partial charge in [0.25, 0.3) is 5.91 Å². The molecule has 40 heavy (non-hydrogen) atoms. The van der Waals surface area contributed by atoms with E-state index in [0.717, 1.165) is 26.9 Å². The average Bonchev–Trinajstić information content (AvgIpc) is 3.19. The third-order valence-electron chi connectivity index (χ3n) is 7.62. The molecule has 0 radical (unpaired) electrons. The number of carbonyl (C=O) groups excluding carboxylic acids is 3. The highest BCUT2D eigenvalue weighted by Gasteiger charge is 2.33. The highest BCUT2D eigenvalue weighted by molar-refractivity contribution is 9.10. The van der Waals surface area contributed by atoms with E-state index in [0.29, 0.717) is 43.9 Å². The quantitative estimate of drug-likeness (QED) is 0.433. The molecule has 0 aliphatic carbocycles. The van der Waals surface area contributed by atoms with Gasteiger partial charge in [-0.3, -0.25) is 14.4 Å². The van der Waals surface area contributed by atoms with Crippen molar-refractivity contribution < 1.29 is 14.4 Å². The number of halogens is 1. The number of benzene rings is 1. The summed E-state index contributed by atoms with van der Waals surface area (Å²) in [5.74, 6) is 0.394. The number of likely N-dealkylation sites (tertiary alicyclic amines) is 1. The molecule has 2 aliphatic rings. The number of carbonyl (C=O) groups is 3. The number of hydrogen-bond donors (Lipinski definition) is 1. The molecule has 3 amide bonds. The molecule has 2 fully saturated rings. The zero-order chi connectivity index (χ0) is 28.6. The van der Waals surface area contributed by atoms with Gasteiger partial charge in [0, 0.05) is 66.0 Å². The summed E-state index contributed by atoms with van der Waals surface area (Å²) in [5.41, 5.74) is 2.64. The molecule has 1 N–H and O–H groups in total. The van der Waals surface area contributed by atoms with Gasteiger partial charge in [-0.15, -0.1) is 0 Å². The number of pyridine rings is 1. The van der Waals surface area contributed by atoms with Gasteiger partial charge in [-0.2, -0.15) is 5.26 Å². The molecule has 2 aliphatic heterocycles. The van der Waals surface area contributed by atoms with Gasteiger partial charge in [0.15, 0.2) is 0 Å². The minimum atomic E-state index is -0.172. The van der Waals surface area contributed by atoms with Gasteiger partial charge in [-0.1, -0.05) is 22.5 Å². The molecule has 5 rings (SSSR count). The van der Waals surface area contributed by atoms with Crippen molar-refractivity contribution in [2.24, 2.45) is 0 Å². The zero-order valence-corrected chi connectivity index (χ0v) is 24.0. The van der Waals surface area contributed by atoms with Crippen LogP contribution in [0.25, 0.3) is 10.9 Å². The molecule has 0 bridgehead atoms. The van der Waals surface area contributed by atoms with Crippen molar-refractivity contribution >= 4 is 50.4 Å². The van der Waals surface area contributed by atoms with Crippen molar-refractivity contribution in [3.05, 3.63) is 70.5 Å². The fourth-order valence-electron chi connectivity index (χ4n) is 5.47. The number of hydrogen-bond acceptors (Lipinski definition) is 6. The van der Waals surface area contributed by atoms with E-state index in [4.69, 9.17) is 5.26 Å². The first kappa shape index (κ1) is 27.4. The molecule has 10 nitrogen and oxygen atoms in total. The number of piperazine rings is 1. The highest BCUT2D eigenvalue weighted by atomic mass is 79.9. The maximum Gasteiger partial charge on any atom is 0.256 e. The summed E-state index contributed by atoms with van der Waals surface area (Å²) in [6.45, 7) is 10.1. The van der Waals surface area contributed by atoms with E-state index in [2.05, 4.69) is 43.8 Å². The van der Waals surface area contributed by atoms with Crippen LogP contribution in [0.1, 0.15) is 28.5 Å². The van der Waals surface area contributed by atoms with Crippen LogP contribution >= 0.6 is 15.9 Å². The second-order valence-electron chi connectivity index (χ2n) is 10.2. The summed E-state index contributed by atoms with van der Waals surface area (Å²) in [7, 11) is 0. The molecule has 1 atom stereocenters. The Balaban J connectivity index is 1.34. The molecule has 206 valence electrons. The van der Waals surface area contributed by atoms with Crippen molar-refractivity contribution in [1.29, 1.82) is 5.26 Å². The van der Waals surface area contributed by atoms with Crippen LogP contribution in [0.5, 0.6) is 0 Å². The Bertz CT molecular complexity index is 1540. The van der Waals surface area contributed by atoms with E-state index >= 15 is 0 Å². The Morgan fingerprint density at radius 2 is 1.98 bits per heavy atom. The number of nitrogens with one attached hydrogen (secondary N) is 1. The van der Waals surface area contributed by atoms with Crippen LogP contribution in [0.3, 0.4) is 0 Å². The summed E-state index contributed by atoms with van der Waals surface area (Å²) in [6, 6.07) is 11.2. The van der Waals surface area contributed by atoms with Crippen LogP contribution in [0.2, 0.25) is 0 Å². The molecule has 4 heterocycles. The topological polar surface area (TPSA) is 115 Å². The normalized spacial score (nSPS) is 17.4. The van der Waals surface area contributed by atoms with E-state index < -0.39 is 0 Å². The minimum absolute atomic E-state index is 0.0663. The Morgan fingerprint density at radius 1 is 1.20 bits per heavy atom. The fraction of sp³-hybridized carbons (Fsp3) is 0.345. The maximum absolute atomic E-state index is 14.0. The molecule has 2 aromatic heterocycles. The van der Waals surface area contributed by atoms with Crippen molar-refractivity contribution in [2.75, 3.05) is 37.6 Å². The Kier molecular flexibility index (Phi) is 7.63. The highest BCUT2D eigenvalue weighted by Crippen LogP contribution is 2.31. The number of nitrogens with zero attached hydrogens (tertiary/aromatic N) is 6. The van der Waals surface area contributed by atoms with Gasteiger partial charge in [0.2, 0.25) is 11.8 Å². The van der Waals surface area contributed by atoms with Gasteiger partial charge in [-0.25, -0.2) is 4.98 Å². The minimum Gasteiger partial charge on any atom is -0.353 e. The lowest BCUT2D eigenvalue weighted by atomic mass is 10.1. The first-order valence-corrected chi connectivity index (χ1v) is 13.9. The molecule has 3 aromatic rings. The Morgan fingerprint density at radius 3 is 2.62 bits per heavy atom. The monoisotopic (exact) mass is 603 g/mol. The first-order chi connectivity index (χ1) is 19.2. The van der Waals surface area contributed by atoms with Crippen LogP contribution in [0.15, 0.2) is 53.7 Å². The second kappa shape index (κ2) is 11.1. The number of amides is 3. The van der Waals surface area contributed by atoms with Gasteiger partial charge in [0.05, 0.1) is 17.2 Å². The van der Waals surface area contributed by atoms with E-state index in [1.807, 2.05) is 47.6 Å². The second-order valence-corrected chi connectivity index (χ2v) is 11.1. The molecule has 2 saturated heterocycles. The lowest BCUT2D eigenvalue weighted by Crippen LogP contribution is -2.61. The first-order valence-electron chi connectivity index (χ1n) is 13.1. The Hall–Kier alpha value is -4.17. The van der Waals surface area contributed by atoms with Gasteiger partial charge < -0.3 is 24.6 Å². The van der Waals surface area contributed by atoms with Gasteiger partial charge in [0.1, 0.15) is 18.4 Å². The number of aromatic nitrogens is 2. The van der Waals surface area contributed by atoms with E-state index in [1.54, 1.807) is 17.2 Å². The predicted octanol–water partition coefficient (Wildman–Crippen LogP) is 2.84. The number of fused-ring (bicyclic) bond motifs is 1. The summed E-state index contributed by atoms with van der Waals surface area (Å²) in [5, 5.41) is 12.8. The summed E-state index contributed by atoms with van der Waals surface area (Å²) in [4.78, 5) is 48.7. The smallest absolute Gasteiger partial charge is 0.256 e. The van der Waals surface area contributed by atoms with Gasteiger partial charge >= 0.3 is 0 Å². The molecule has 0 spiro atoms. The third kappa shape index (κ3) is 5.19. The molecular weight excluding hydrogens is 574 g/mol. The largest absolute Gasteiger partial charge is 0.353 e.